The van der Waals surface area contributed by atoms with E-state index in [1.165, 1.54) is 5.69 Å². The first-order chi connectivity index (χ1) is 8.27. The maximum Gasteiger partial charge on any atom is 0.155 e. The average Bonchev–Trinajstić information content (AvgIpc) is 2.68. The fraction of sp³-hybridized carbons (Fsp3) is 0.385. The van der Waals surface area contributed by atoms with Crippen molar-refractivity contribution < 1.29 is 5.11 Å². The summed E-state index contributed by atoms with van der Waals surface area (Å²) in [7, 11) is 0. The topological polar surface area (TPSA) is 50.9 Å². The molecule has 0 saturated heterocycles. The number of aliphatic hydroxyl groups excluding tert-OH is 1. The van der Waals surface area contributed by atoms with E-state index in [2.05, 4.69) is 20.6 Å². The Kier molecular flexibility index (Phi) is 2.44. The summed E-state index contributed by atoms with van der Waals surface area (Å²) >= 11 is 0. The molecule has 17 heavy (non-hydrogen) atoms. The van der Waals surface area contributed by atoms with Gasteiger partial charge in [-0.25, -0.2) is 4.98 Å². The van der Waals surface area contributed by atoms with Gasteiger partial charge in [0.05, 0.1) is 12.3 Å². The first kappa shape index (κ1) is 10.5. The van der Waals surface area contributed by atoms with E-state index in [1.54, 1.807) is 18.6 Å². The molecule has 0 aromatic carbocycles. The van der Waals surface area contributed by atoms with Gasteiger partial charge in [-0.1, -0.05) is 0 Å². The molecular formula is C13H15N3O. The summed E-state index contributed by atoms with van der Waals surface area (Å²) in [5, 5.41) is 10.00. The fourth-order valence-corrected chi connectivity index (χ4v) is 2.60. The Morgan fingerprint density at radius 1 is 1.41 bits per heavy atom. The summed E-state index contributed by atoms with van der Waals surface area (Å²) in [6, 6.07) is 2.06. The van der Waals surface area contributed by atoms with E-state index in [1.807, 2.05) is 6.92 Å². The van der Waals surface area contributed by atoms with E-state index in [9.17, 15) is 5.11 Å². The van der Waals surface area contributed by atoms with Gasteiger partial charge in [-0.2, -0.15) is 0 Å². The van der Waals surface area contributed by atoms with Gasteiger partial charge in [0.2, 0.25) is 0 Å². The molecule has 88 valence electrons. The quantitative estimate of drug-likeness (QED) is 0.813. The lowest BCUT2D eigenvalue weighted by atomic mass is 9.95. The van der Waals surface area contributed by atoms with Crippen molar-refractivity contribution >= 4 is 0 Å². The smallest absolute Gasteiger partial charge is 0.155 e. The molecule has 2 aromatic heterocycles. The summed E-state index contributed by atoms with van der Waals surface area (Å²) in [4.78, 5) is 8.44. The molecular weight excluding hydrogens is 214 g/mol. The number of nitrogens with zero attached hydrogens (tertiary/aromatic N) is 3. The largest absolute Gasteiger partial charge is 0.388 e. The summed E-state index contributed by atoms with van der Waals surface area (Å²) < 4.78 is 2.10. The molecule has 1 aliphatic rings. The Morgan fingerprint density at radius 3 is 3.06 bits per heavy atom. The number of aryl methyl sites for hydroxylation is 1. The van der Waals surface area contributed by atoms with Crippen molar-refractivity contribution in [1.82, 2.24) is 14.5 Å². The van der Waals surface area contributed by atoms with Crippen LogP contribution in [0.25, 0.3) is 5.82 Å². The molecule has 0 bridgehead atoms. The van der Waals surface area contributed by atoms with Crippen molar-refractivity contribution in [1.29, 1.82) is 0 Å². The summed E-state index contributed by atoms with van der Waals surface area (Å²) in [6.07, 6.45) is 7.68. The SMILES string of the molecule is Cc1cc2c(n1-c1cnccn1)CCCC2O. The van der Waals surface area contributed by atoms with Crippen molar-refractivity contribution in [2.45, 2.75) is 32.3 Å². The number of hydrogen-bond donors (Lipinski definition) is 1. The minimum Gasteiger partial charge on any atom is -0.388 e. The minimum absolute atomic E-state index is 0.324. The normalized spacial score (nSPS) is 19.1. The molecule has 1 aliphatic carbocycles. The van der Waals surface area contributed by atoms with Gasteiger partial charge in [-0.15, -0.1) is 0 Å². The highest BCUT2D eigenvalue weighted by Crippen LogP contribution is 2.33. The zero-order valence-corrected chi connectivity index (χ0v) is 9.80. The van der Waals surface area contributed by atoms with Crippen LogP contribution in [0.1, 0.15) is 35.9 Å². The van der Waals surface area contributed by atoms with Gasteiger partial charge in [0.15, 0.2) is 5.82 Å². The lowest BCUT2D eigenvalue weighted by Gasteiger charge is -2.19. The molecule has 0 spiro atoms. The van der Waals surface area contributed by atoms with Crippen LogP contribution < -0.4 is 0 Å². The minimum atomic E-state index is -0.324. The first-order valence-electron chi connectivity index (χ1n) is 5.93. The average molecular weight is 229 g/mol. The third-order valence-electron chi connectivity index (χ3n) is 3.35. The van der Waals surface area contributed by atoms with E-state index < -0.39 is 0 Å². The molecule has 1 atom stereocenters. The highest BCUT2D eigenvalue weighted by molar-refractivity contribution is 5.38. The van der Waals surface area contributed by atoms with Gasteiger partial charge in [-0.3, -0.25) is 4.98 Å². The molecule has 4 heteroatoms. The Bertz CT molecular complexity index is 533. The van der Waals surface area contributed by atoms with E-state index >= 15 is 0 Å². The number of rotatable bonds is 1. The number of aliphatic hydroxyl groups is 1. The molecule has 1 unspecified atom stereocenters. The van der Waals surface area contributed by atoms with Gasteiger partial charge in [0.25, 0.3) is 0 Å². The third-order valence-corrected chi connectivity index (χ3v) is 3.35. The van der Waals surface area contributed by atoms with Crippen LogP contribution in [0.4, 0.5) is 0 Å². The maximum absolute atomic E-state index is 10.00. The molecule has 0 radical (unpaired) electrons. The molecule has 0 fully saturated rings. The number of aromatic nitrogens is 3. The van der Waals surface area contributed by atoms with Crippen molar-refractivity contribution in [2.75, 3.05) is 0 Å². The van der Waals surface area contributed by atoms with Gasteiger partial charge < -0.3 is 9.67 Å². The van der Waals surface area contributed by atoms with Crippen molar-refractivity contribution in [3.8, 4) is 5.82 Å². The number of hydrogen-bond acceptors (Lipinski definition) is 3. The van der Waals surface area contributed by atoms with Crippen LogP contribution in [0, 0.1) is 6.92 Å². The van der Waals surface area contributed by atoms with E-state index in [0.717, 1.165) is 36.3 Å². The van der Waals surface area contributed by atoms with Gasteiger partial charge in [-0.05, 0) is 32.3 Å². The zero-order chi connectivity index (χ0) is 11.8. The van der Waals surface area contributed by atoms with E-state index in [4.69, 9.17) is 0 Å². The summed E-state index contributed by atoms with van der Waals surface area (Å²) in [6.45, 7) is 2.04. The fourth-order valence-electron chi connectivity index (χ4n) is 2.60. The van der Waals surface area contributed by atoms with Crippen LogP contribution in [-0.2, 0) is 6.42 Å². The predicted molar refractivity (Wildman–Crippen MR) is 64.0 cm³/mol. The predicted octanol–water partition coefficient (Wildman–Crippen LogP) is 1.95. The Labute approximate surface area is 100.0 Å². The summed E-state index contributed by atoms with van der Waals surface area (Å²) in [5.74, 6) is 0.834. The Balaban J connectivity index is 2.18. The molecule has 3 rings (SSSR count). The van der Waals surface area contributed by atoms with E-state index in [-0.39, 0.29) is 6.10 Å². The van der Waals surface area contributed by atoms with Gasteiger partial charge in [0, 0.05) is 29.3 Å². The standard InChI is InChI=1S/C13H15N3O/c1-9-7-10-11(3-2-4-12(10)17)16(9)13-8-14-5-6-15-13/h5-8,12,17H,2-4H2,1H3. The van der Waals surface area contributed by atoms with Crippen LogP contribution in [0.5, 0.6) is 0 Å². The van der Waals surface area contributed by atoms with Crippen LogP contribution >= 0.6 is 0 Å². The molecule has 4 nitrogen and oxygen atoms in total. The monoisotopic (exact) mass is 229 g/mol. The second-order valence-electron chi connectivity index (χ2n) is 4.49. The molecule has 0 amide bonds. The van der Waals surface area contributed by atoms with Gasteiger partial charge >= 0.3 is 0 Å². The van der Waals surface area contributed by atoms with Crippen LogP contribution in [0.3, 0.4) is 0 Å². The highest BCUT2D eigenvalue weighted by atomic mass is 16.3. The maximum atomic E-state index is 10.00. The van der Waals surface area contributed by atoms with Crippen LogP contribution in [0.15, 0.2) is 24.7 Å². The second-order valence-corrected chi connectivity index (χ2v) is 4.49. The molecule has 0 aliphatic heterocycles. The molecule has 2 heterocycles. The van der Waals surface area contributed by atoms with Crippen molar-refractivity contribution in [3.63, 3.8) is 0 Å². The lowest BCUT2D eigenvalue weighted by Crippen LogP contribution is -2.12. The van der Waals surface area contributed by atoms with Crippen molar-refractivity contribution in [3.05, 3.63) is 41.6 Å². The van der Waals surface area contributed by atoms with E-state index in [0.29, 0.717) is 0 Å². The zero-order valence-electron chi connectivity index (χ0n) is 9.80. The van der Waals surface area contributed by atoms with Crippen molar-refractivity contribution in [2.24, 2.45) is 0 Å². The lowest BCUT2D eigenvalue weighted by molar-refractivity contribution is 0.156. The molecule has 0 saturated carbocycles. The molecule has 1 N–H and O–H groups in total. The van der Waals surface area contributed by atoms with Crippen LogP contribution in [0.2, 0.25) is 0 Å². The second kappa shape index (κ2) is 3.96. The van der Waals surface area contributed by atoms with Crippen LogP contribution in [-0.4, -0.2) is 19.6 Å². The molecule has 2 aromatic rings. The number of fused-ring (bicyclic) bond motifs is 1. The Morgan fingerprint density at radius 2 is 2.29 bits per heavy atom. The van der Waals surface area contributed by atoms with Gasteiger partial charge in [0.1, 0.15) is 0 Å². The Hall–Kier alpha value is -1.68. The summed E-state index contributed by atoms with van der Waals surface area (Å²) in [5.41, 5.74) is 3.35. The highest BCUT2D eigenvalue weighted by Gasteiger charge is 2.23. The first-order valence-corrected chi connectivity index (χ1v) is 5.93. The third kappa shape index (κ3) is 1.65.